The highest BCUT2D eigenvalue weighted by molar-refractivity contribution is 5.89. The summed E-state index contributed by atoms with van der Waals surface area (Å²) in [5, 5.41) is 3.06. The zero-order valence-corrected chi connectivity index (χ0v) is 14.5. The quantitative estimate of drug-likeness (QED) is 0.822. The summed E-state index contributed by atoms with van der Waals surface area (Å²) in [5.41, 5.74) is 0. The predicted molar refractivity (Wildman–Crippen MR) is 86.8 cm³/mol. The summed E-state index contributed by atoms with van der Waals surface area (Å²) in [6.45, 7) is 5.76. The zero-order valence-electron chi connectivity index (χ0n) is 14.5. The molecule has 1 N–H and O–H groups in total. The van der Waals surface area contributed by atoms with Gasteiger partial charge in [0.25, 0.3) is 0 Å². The molecular formula is C16H28N4O3. The molecule has 23 heavy (non-hydrogen) atoms. The molecule has 7 heteroatoms. The Morgan fingerprint density at radius 3 is 2.30 bits per heavy atom. The van der Waals surface area contributed by atoms with Crippen LogP contribution in [0.2, 0.25) is 0 Å². The minimum atomic E-state index is -0.244. The van der Waals surface area contributed by atoms with E-state index >= 15 is 0 Å². The van der Waals surface area contributed by atoms with Crippen molar-refractivity contribution in [2.75, 3.05) is 33.7 Å². The molecule has 1 atom stereocenters. The number of hydrogen-bond acceptors (Lipinski definition) is 3. The second-order valence-corrected chi connectivity index (χ2v) is 6.99. The SMILES string of the molecule is CC(C)N1CC(C(=O)NC2CCN(C(=O)N(C)C)CC2)CC1=O. The van der Waals surface area contributed by atoms with Gasteiger partial charge in [-0.2, -0.15) is 0 Å². The Morgan fingerprint density at radius 2 is 1.83 bits per heavy atom. The predicted octanol–water partition coefficient (Wildman–Crippen LogP) is 0.506. The Labute approximate surface area is 138 Å². The number of nitrogens with one attached hydrogen (secondary N) is 1. The third-order valence-corrected chi connectivity index (χ3v) is 4.65. The second-order valence-electron chi connectivity index (χ2n) is 6.99. The van der Waals surface area contributed by atoms with Crippen LogP contribution in [-0.4, -0.2) is 78.4 Å². The van der Waals surface area contributed by atoms with Crippen molar-refractivity contribution in [2.45, 2.75) is 45.2 Å². The van der Waals surface area contributed by atoms with Gasteiger partial charge in [-0.25, -0.2) is 4.79 Å². The molecule has 4 amide bonds. The first-order chi connectivity index (χ1) is 10.8. The Morgan fingerprint density at radius 1 is 1.22 bits per heavy atom. The fourth-order valence-corrected chi connectivity index (χ4v) is 3.22. The molecule has 0 aromatic rings. The maximum Gasteiger partial charge on any atom is 0.319 e. The number of carbonyl (C=O) groups is 3. The highest BCUT2D eigenvalue weighted by Crippen LogP contribution is 2.21. The van der Waals surface area contributed by atoms with Crippen molar-refractivity contribution in [3.63, 3.8) is 0 Å². The van der Waals surface area contributed by atoms with Crippen LogP contribution in [0.3, 0.4) is 0 Å². The molecule has 0 aromatic carbocycles. The third-order valence-electron chi connectivity index (χ3n) is 4.65. The van der Waals surface area contributed by atoms with E-state index in [0.29, 0.717) is 26.1 Å². The van der Waals surface area contributed by atoms with Gasteiger partial charge in [-0.15, -0.1) is 0 Å². The molecule has 2 rings (SSSR count). The molecule has 0 saturated carbocycles. The lowest BCUT2D eigenvalue weighted by Gasteiger charge is -2.34. The topological polar surface area (TPSA) is 73.0 Å². The van der Waals surface area contributed by atoms with Gasteiger partial charge < -0.3 is 20.0 Å². The summed E-state index contributed by atoms with van der Waals surface area (Å²) in [7, 11) is 3.49. The number of likely N-dealkylation sites (tertiary alicyclic amines) is 2. The van der Waals surface area contributed by atoms with Gasteiger partial charge in [0.05, 0.1) is 5.92 Å². The molecule has 2 heterocycles. The van der Waals surface area contributed by atoms with Crippen LogP contribution in [0, 0.1) is 5.92 Å². The van der Waals surface area contributed by atoms with Crippen LogP contribution in [-0.2, 0) is 9.59 Å². The lowest BCUT2D eigenvalue weighted by molar-refractivity contribution is -0.130. The molecule has 2 fully saturated rings. The van der Waals surface area contributed by atoms with Gasteiger partial charge in [0, 0.05) is 52.2 Å². The number of rotatable bonds is 3. The van der Waals surface area contributed by atoms with Gasteiger partial charge in [-0.05, 0) is 26.7 Å². The first kappa shape index (κ1) is 17.6. The molecular weight excluding hydrogens is 296 g/mol. The average molecular weight is 324 g/mol. The summed E-state index contributed by atoms with van der Waals surface area (Å²) in [6, 6.07) is 0.251. The van der Waals surface area contributed by atoms with Gasteiger partial charge in [-0.3, -0.25) is 9.59 Å². The summed E-state index contributed by atoms with van der Waals surface area (Å²) < 4.78 is 0. The fourth-order valence-electron chi connectivity index (χ4n) is 3.22. The van der Waals surface area contributed by atoms with E-state index in [0.717, 1.165) is 12.8 Å². The number of nitrogens with zero attached hydrogens (tertiary/aromatic N) is 3. The number of piperidine rings is 1. The third kappa shape index (κ3) is 4.14. The van der Waals surface area contributed by atoms with Crippen molar-refractivity contribution in [3.05, 3.63) is 0 Å². The number of amides is 4. The second kappa shape index (κ2) is 7.19. The Kier molecular flexibility index (Phi) is 5.49. The van der Waals surface area contributed by atoms with E-state index in [1.165, 1.54) is 0 Å². The van der Waals surface area contributed by atoms with Crippen LogP contribution in [0.15, 0.2) is 0 Å². The minimum Gasteiger partial charge on any atom is -0.353 e. The zero-order chi connectivity index (χ0) is 17.1. The van der Waals surface area contributed by atoms with Gasteiger partial charge in [-0.1, -0.05) is 0 Å². The van der Waals surface area contributed by atoms with Crippen LogP contribution in [0.1, 0.15) is 33.1 Å². The number of urea groups is 1. The molecule has 0 aromatic heterocycles. The van der Waals surface area contributed by atoms with Crippen molar-refractivity contribution >= 4 is 17.8 Å². The summed E-state index contributed by atoms with van der Waals surface area (Å²) in [6.07, 6.45) is 1.84. The molecule has 0 radical (unpaired) electrons. The van der Waals surface area contributed by atoms with Crippen LogP contribution in [0.4, 0.5) is 4.79 Å². The van der Waals surface area contributed by atoms with Gasteiger partial charge in [0.2, 0.25) is 11.8 Å². The summed E-state index contributed by atoms with van der Waals surface area (Å²) in [4.78, 5) is 41.3. The molecule has 130 valence electrons. The van der Waals surface area contributed by atoms with Crippen molar-refractivity contribution < 1.29 is 14.4 Å². The molecule has 0 aliphatic carbocycles. The van der Waals surface area contributed by atoms with Crippen LogP contribution < -0.4 is 5.32 Å². The van der Waals surface area contributed by atoms with Crippen molar-refractivity contribution in [3.8, 4) is 0 Å². The van der Waals surface area contributed by atoms with E-state index in [1.54, 1.807) is 23.9 Å². The minimum absolute atomic E-state index is 0.0174. The maximum absolute atomic E-state index is 12.4. The molecule has 0 spiro atoms. The smallest absolute Gasteiger partial charge is 0.319 e. The van der Waals surface area contributed by atoms with E-state index in [-0.39, 0.29) is 35.8 Å². The average Bonchev–Trinajstić information content (AvgIpc) is 2.89. The normalized spacial score (nSPS) is 22.7. The maximum atomic E-state index is 12.4. The van der Waals surface area contributed by atoms with Crippen molar-refractivity contribution in [2.24, 2.45) is 5.92 Å². The van der Waals surface area contributed by atoms with Gasteiger partial charge in [0.1, 0.15) is 0 Å². The van der Waals surface area contributed by atoms with E-state index in [9.17, 15) is 14.4 Å². The number of carbonyl (C=O) groups excluding carboxylic acids is 3. The van der Waals surface area contributed by atoms with Crippen LogP contribution in [0.25, 0.3) is 0 Å². The van der Waals surface area contributed by atoms with E-state index in [1.807, 2.05) is 18.7 Å². The van der Waals surface area contributed by atoms with Crippen molar-refractivity contribution in [1.82, 2.24) is 20.0 Å². The molecule has 7 nitrogen and oxygen atoms in total. The van der Waals surface area contributed by atoms with E-state index < -0.39 is 0 Å². The van der Waals surface area contributed by atoms with Crippen LogP contribution in [0.5, 0.6) is 0 Å². The van der Waals surface area contributed by atoms with E-state index in [4.69, 9.17) is 0 Å². The first-order valence-electron chi connectivity index (χ1n) is 8.35. The monoisotopic (exact) mass is 324 g/mol. The van der Waals surface area contributed by atoms with Gasteiger partial charge >= 0.3 is 6.03 Å². The summed E-state index contributed by atoms with van der Waals surface area (Å²) in [5.74, 6) is -0.211. The Hall–Kier alpha value is -1.79. The van der Waals surface area contributed by atoms with Crippen molar-refractivity contribution in [1.29, 1.82) is 0 Å². The molecule has 2 aliphatic heterocycles. The fraction of sp³-hybridized carbons (Fsp3) is 0.812. The highest BCUT2D eigenvalue weighted by atomic mass is 16.2. The standard InChI is InChI=1S/C16H28N4O3/c1-11(2)20-10-12(9-14(20)21)15(22)17-13-5-7-19(8-6-13)16(23)18(3)4/h11-13H,5-10H2,1-4H3,(H,17,22). The highest BCUT2D eigenvalue weighted by Gasteiger charge is 2.36. The van der Waals surface area contributed by atoms with Crippen LogP contribution >= 0.6 is 0 Å². The number of hydrogen-bond donors (Lipinski definition) is 1. The molecule has 1 unspecified atom stereocenters. The molecule has 2 saturated heterocycles. The lowest BCUT2D eigenvalue weighted by Crippen LogP contribution is -2.50. The lowest BCUT2D eigenvalue weighted by atomic mass is 10.0. The molecule has 2 aliphatic rings. The molecule has 0 bridgehead atoms. The van der Waals surface area contributed by atoms with E-state index in [2.05, 4.69) is 5.32 Å². The first-order valence-corrected chi connectivity index (χ1v) is 8.35. The Balaban J connectivity index is 1.80. The van der Waals surface area contributed by atoms with Gasteiger partial charge in [0.15, 0.2) is 0 Å². The summed E-state index contributed by atoms with van der Waals surface area (Å²) >= 11 is 0. The largest absolute Gasteiger partial charge is 0.353 e. The Bertz CT molecular complexity index is 470.